The number of phenolic OH excluding ortho intramolecular Hbond substituents is 14. The Morgan fingerprint density at radius 3 is 1.33 bits per heavy atom. The van der Waals surface area contributed by atoms with Gasteiger partial charge in [0.2, 0.25) is 34.5 Å². The molecule has 0 amide bonds. The molecule has 51 heavy (non-hydrogen) atoms. The Labute approximate surface area is 281 Å². The van der Waals surface area contributed by atoms with E-state index in [9.17, 15) is 71.5 Å². The number of furan rings is 1. The topological polar surface area (TPSA) is 296 Å². The van der Waals surface area contributed by atoms with Crippen molar-refractivity contribution in [2.45, 2.75) is 0 Å². The molecule has 0 spiro atoms. The number of phenols is 14. The van der Waals surface area contributed by atoms with Gasteiger partial charge in [-0.2, -0.15) is 0 Å². The highest BCUT2D eigenvalue weighted by Gasteiger charge is 2.35. The smallest absolute Gasteiger partial charge is 0.204 e. The summed E-state index contributed by atoms with van der Waals surface area (Å²) >= 11 is 0. The SMILES string of the molecule is Oc1cc2c(-c3c4c(O)c(O)c(O)c(O)c4c(-c4ccc5oc6ccccc6c5c4)c4c(O)c(O)c(O)c(O)c34)c(O)c(O)c(O)c2c(O)c1O. The largest absolute Gasteiger partial charge is 0.504 e. The van der Waals surface area contributed by atoms with Crippen molar-refractivity contribution in [1.29, 1.82) is 0 Å². The molecular weight excluding hydrogens is 672 g/mol. The van der Waals surface area contributed by atoms with Crippen LogP contribution in [-0.4, -0.2) is 71.5 Å². The van der Waals surface area contributed by atoms with Gasteiger partial charge in [-0.15, -0.1) is 0 Å². The highest BCUT2D eigenvalue weighted by atomic mass is 16.4. The van der Waals surface area contributed by atoms with Crippen LogP contribution in [0.3, 0.4) is 0 Å². The van der Waals surface area contributed by atoms with Gasteiger partial charge in [-0.05, 0) is 29.8 Å². The summed E-state index contributed by atoms with van der Waals surface area (Å²) in [5, 5.41) is 151. The summed E-state index contributed by atoms with van der Waals surface area (Å²) in [7, 11) is 0. The fourth-order valence-corrected chi connectivity index (χ4v) is 6.85. The molecule has 0 aliphatic heterocycles. The van der Waals surface area contributed by atoms with Crippen molar-refractivity contribution in [2.24, 2.45) is 0 Å². The highest BCUT2D eigenvalue weighted by molar-refractivity contribution is 6.31. The van der Waals surface area contributed by atoms with Gasteiger partial charge >= 0.3 is 0 Å². The van der Waals surface area contributed by atoms with E-state index in [1.165, 1.54) is 18.2 Å². The Kier molecular flexibility index (Phi) is 5.96. The molecule has 15 nitrogen and oxygen atoms in total. The minimum atomic E-state index is -1.36. The Morgan fingerprint density at radius 1 is 0.314 bits per heavy atom. The van der Waals surface area contributed by atoms with Crippen molar-refractivity contribution >= 4 is 54.3 Å². The summed E-state index contributed by atoms with van der Waals surface area (Å²) in [5.41, 5.74) is -1.04. The van der Waals surface area contributed by atoms with Gasteiger partial charge in [0.1, 0.15) is 11.2 Å². The standard InChI is InChI=1S/C36H22O15/c37-13-8-12-17(25(39)32(46)27(41)18(12)26(40)24(13)38)19-22-20(28(42)33(47)35(49)30(22)44)16(21-23(19)31(45)36(50)34(48)29(21)43)9-5-6-15-11(7-9)10-3-1-2-4-14(10)51-15/h1-8,37-50H. The van der Waals surface area contributed by atoms with Crippen LogP contribution in [0.2, 0.25) is 0 Å². The third kappa shape index (κ3) is 3.70. The number of hydrogen-bond acceptors (Lipinski definition) is 15. The van der Waals surface area contributed by atoms with Gasteiger partial charge in [-0.3, -0.25) is 0 Å². The first-order valence-corrected chi connectivity index (χ1v) is 14.7. The zero-order chi connectivity index (χ0) is 36.5. The minimum Gasteiger partial charge on any atom is -0.504 e. The van der Waals surface area contributed by atoms with E-state index in [2.05, 4.69) is 0 Å². The molecular formula is C36H22O15. The van der Waals surface area contributed by atoms with E-state index >= 15 is 0 Å². The van der Waals surface area contributed by atoms with Crippen molar-refractivity contribution in [3.05, 3.63) is 48.5 Å². The molecule has 0 aliphatic carbocycles. The summed E-state index contributed by atoms with van der Waals surface area (Å²) in [5.74, 6) is -17.4. The summed E-state index contributed by atoms with van der Waals surface area (Å²) in [6.45, 7) is 0. The van der Waals surface area contributed by atoms with E-state index in [-0.39, 0.29) is 11.1 Å². The molecule has 256 valence electrons. The molecule has 0 radical (unpaired) electrons. The molecule has 8 aromatic rings. The van der Waals surface area contributed by atoms with Crippen LogP contribution in [-0.2, 0) is 0 Å². The van der Waals surface area contributed by atoms with Crippen molar-refractivity contribution in [3.8, 4) is 103 Å². The molecule has 0 atom stereocenters. The molecule has 0 saturated carbocycles. The van der Waals surface area contributed by atoms with Crippen molar-refractivity contribution in [3.63, 3.8) is 0 Å². The van der Waals surface area contributed by atoms with Gasteiger partial charge in [0.15, 0.2) is 46.0 Å². The fraction of sp³-hybridized carbons (Fsp3) is 0. The van der Waals surface area contributed by atoms with Gasteiger partial charge in [0, 0.05) is 54.4 Å². The molecule has 7 aromatic carbocycles. The Bertz CT molecular complexity index is 2820. The molecule has 0 saturated heterocycles. The monoisotopic (exact) mass is 694 g/mol. The Balaban J connectivity index is 1.73. The summed E-state index contributed by atoms with van der Waals surface area (Å²) in [6, 6.07) is 12.0. The van der Waals surface area contributed by atoms with Crippen LogP contribution in [0.25, 0.3) is 76.5 Å². The lowest BCUT2D eigenvalue weighted by molar-refractivity contribution is 0.350. The Hall–Kier alpha value is -7.68. The predicted molar refractivity (Wildman–Crippen MR) is 180 cm³/mol. The number of aromatic hydroxyl groups is 14. The zero-order valence-corrected chi connectivity index (χ0v) is 25.3. The molecule has 0 bridgehead atoms. The Morgan fingerprint density at radius 2 is 0.765 bits per heavy atom. The number of fused-ring (bicyclic) bond motifs is 6. The number of benzene rings is 7. The van der Waals surface area contributed by atoms with Crippen LogP contribution < -0.4 is 0 Å². The first-order valence-electron chi connectivity index (χ1n) is 14.7. The van der Waals surface area contributed by atoms with E-state index in [0.29, 0.717) is 28.0 Å². The van der Waals surface area contributed by atoms with E-state index in [4.69, 9.17) is 4.42 Å². The number of hydrogen-bond donors (Lipinski definition) is 14. The molecule has 14 N–H and O–H groups in total. The van der Waals surface area contributed by atoms with E-state index in [1.54, 1.807) is 24.3 Å². The van der Waals surface area contributed by atoms with Crippen LogP contribution in [0.1, 0.15) is 0 Å². The van der Waals surface area contributed by atoms with Crippen LogP contribution in [0.5, 0.6) is 80.5 Å². The van der Waals surface area contributed by atoms with Gasteiger partial charge in [0.05, 0.1) is 5.39 Å². The summed E-state index contributed by atoms with van der Waals surface area (Å²) in [6.07, 6.45) is 0. The fourth-order valence-electron chi connectivity index (χ4n) is 6.85. The average molecular weight is 695 g/mol. The second kappa shape index (κ2) is 9.93. The molecule has 0 unspecified atom stereocenters. The first-order chi connectivity index (χ1) is 24.2. The number of para-hydroxylation sites is 1. The molecule has 0 fully saturated rings. The first kappa shape index (κ1) is 30.6. The maximum Gasteiger partial charge on any atom is 0.204 e. The van der Waals surface area contributed by atoms with Crippen LogP contribution in [0, 0.1) is 0 Å². The summed E-state index contributed by atoms with van der Waals surface area (Å²) in [4.78, 5) is 0. The van der Waals surface area contributed by atoms with Crippen molar-refractivity contribution in [1.82, 2.24) is 0 Å². The molecule has 1 heterocycles. The predicted octanol–water partition coefficient (Wildman–Crippen LogP) is 6.26. The molecule has 1 aromatic heterocycles. The lowest BCUT2D eigenvalue weighted by atomic mass is 9.81. The number of rotatable bonds is 2. The summed E-state index contributed by atoms with van der Waals surface area (Å²) < 4.78 is 5.90. The lowest BCUT2D eigenvalue weighted by Crippen LogP contribution is -1.96. The normalized spacial score (nSPS) is 11.8. The zero-order valence-electron chi connectivity index (χ0n) is 25.3. The quantitative estimate of drug-likeness (QED) is 0.0540. The van der Waals surface area contributed by atoms with Crippen LogP contribution in [0.15, 0.2) is 52.9 Å². The van der Waals surface area contributed by atoms with E-state index < -0.39 is 124 Å². The maximum absolute atomic E-state index is 11.5. The molecule has 0 aliphatic rings. The highest BCUT2D eigenvalue weighted by Crippen LogP contribution is 2.65. The third-order valence-corrected chi connectivity index (χ3v) is 9.15. The van der Waals surface area contributed by atoms with E-state index in [0.717, 1.165) is 0 Å². The van der Waals surface area contributed by atoms with Gasteiger partial charge < -0.3 is 75.9 Å². The van der Waals surface area contributed by atoms with Crippen molar-refractivity contribution in [2.75, 3.05) is 0 Å². The van der Waals surface area contributed by atoms with Gasteiger partial charge in [0.25, 0.3) is 0 Å². The van der Waals surface area contributed by atoms with Crippen LogP contribution >= 0.6 is 0 Å². The van der Waals surface area contributed by atoms with Gasteiger partial charge in [-0.25, -0.2) is 0 Å². The average Bonchev–Trinajstić information content (AvgIpc) is 3.49. The van der Waals surface area contributed by atoms with E-state index in [1.807, 2.05) is 0 Å². The van der Waals surface area contributed by atoms with Crippen LogP contribution in [0.4, 0.5) is 0 Å². The second-order valence-electron chi connectivity index (χ2n) is 11.8. The maximum atomic E-state index is 11.5. The molecule has 8 rings (SSSR count). The van der Waals surface area contributed by atoms with Crippen molar-refractivity contribution < 1.29 is 75.9 Å². The second-order valence-corrected chi connectivity index (χ2v) is 11.8. The third-order valence-electron chi connectivity index (χ3n) is 9.15. The van der Waals surface area contributed by atoms with Gasteiger partial charge in [-0.1, -0.05) is 24.3 Å². The lowest BCUT2D eigenvalue weighted by Gasteiger charge is -2.24. The molecule has 15 heteroatoms. The minimum absolute atomic E-state index is 0.0537.